The standard InChI is InChI=1S/C29H42N2O6/c1-18(32)29(35)14-11-23-21-8-7-19-16-20(9-12-27(19,2)22(21)10-13-28(23,29)3)30-37-17-25(33)31-15-5-6-24(31)26(34)36-4/h16,21-24,35H,5-15,17H2,1-4H3. The Morgan fingerprint density at radius 3 is 2.57 bits per heavy atom. The summed E-state index contributed by atoms with van der Waals surface area (Å²) in [7, 11) is 1.34. The van der Waals surface area contributed by atoms with Crippen LogP contribution in [0.1, 0.15) is 85.0 Å². The Bertz CT molecular complexity index is 1040. The van der Waals surface area contributed by atoms with Crippen LogP contribution >= 0.6 is 0 Å². The summed E-state index contributed by atoms with van der Waals surface area (Å²) in [6.45, 7) is 6.47. The molecule has 1 aliphatic heterocycles. The summed E-state index contributed by atoms with van der Waals surface area (Å²) >= 11 is 0. The highest BCUT2D eigenvalue weighted by Crippen LogP contribution is 2.67. The maximum absolute atomic E-state index is 12.6. The largest absolute Gasteiger partial charge is 0.467 e. The van der Waals surface area contributed by atoms with Crippen LogP contribution in [0.25, 0.3) is 0 Å². The van der Waals surface area contributed by atoms with Gasteiger partial charge in [0.1, 0.15) is 11.6 Å². The highest BCUT2D eigenvalue weighted by molar-refractivity contribution is 5.96. The highest BCUT2D eigenvalue weighted by atomic mass is 16.6. The number of allylic oxidation sites excluding steroid dienone is 2. The van der Waals surface area contributed by atoms with Gasteiger partial charge < -0.3 is 19.6 Å². The molecule has 5 rings (SSSR count). The third-order valence-electron chi connectivity index (χ3n) is 11.1. The predicted octanol–water partition coefficient (Wildman–Crippen LogP) is 3.81. The van der Waals surface area contributed by atoms with Crippen LogP contribution in [-0.4, -0.2) is 65.3 Å². The molecule has 1 amide bonds. The highest BCUT2D eigenvalue weighted by Gasteiger charge is 2.65. The van der Waals surface area contributed by atoms with Gasteiger partial charge in [-0.15, -0.1) is 0 Å². The Kier molecular flexibility index (Phi) is 6.78. The van der Waals surface area contributed by atoms with Gasteiger partial charge in [0.15, 0.2) is 12.4 Å². The van der Waals surface area contributed by atoms with Gasteiger partial charge in [0.2, 0.25) is 0 Å². The molecule has 0 spiro atoms. The minimum absolute atomic E-state index is 0.0684. The maximum atomic E-state index is 12.6. The molecule has 1 saturated heterocycles. The van der Waals surface area contributed by atoms with Gasteiger partial charge in [-0.25, -0.2) is 4.79 Å². The lowest BCUT2D eigenvalue weighted by Crippen LogP contribution is -2.57. The molecule has 37 heavy (non-hydrogen) atoms. The third-order valence-corrected chi connectivity index (χ3v) is 11.1. The fraction of sp³-hybridized carbons (Fsp3) is 0.793. The zero-order valence-corrected chi connectivity index (χ0v) is 22.8. The van der Waals surface area contributed by atoms with Crippen molar-refractivity contribution in [1.82, 2.24) is 4.90 Å². The van der Waals surface area contributed by atoms with E-state index in [2.05, 4.69) is 25.1 Å². The molecule has 1 N–H and O–H groups in total. The summed E-state index contributed by atoms with van der Waals surface area (Å²) in [5.74, 6) is 0.789. The first-order chi connectivity index (χ1) is 17.5. The molecule has 204 valence electrons. The number of oxime groups is 1. The first kappa shape index (κ1) is 26.4. The van der Waals surface area contributed by atoms with Crippen LogP contribution in [-0.2, 0) is 24.0 Å². The number of hydrogen-bond donors (Lipinski definition) is 1. The molecule has 0 aromatic carbocycles. The van der Waals surface area contributed by atoms with Crippen LogP contribution in [0.2, 0.25) is 0 Å². The number of aliphatic hydroxyl groups is 1. The van der Waals surface area contributed by atoms with Gasteiger partial charge in [0.25, 0.3) is 5.91 Å². The van der Waals surface area contributed by atoms with Crippen molar-refractivity contribution in [3.63, 3.8) is 0 Å². The number of nitrogens with zero attached hydrogens (tertiary/aromatic N) is 2. The first-order valence-corrected chi connectivity index (χ1v) is 14.1. The van der Waals surface area contributed by atoms with Crippen LogP contribution in [0.15, 0.2) is 16.8 Å². The summed E-state index contributed by atoms with van der Waals surface area (Å²) in [5, 5.41) is 15.7. The summed E-state index contributed by atoms with van der Waals surface area (Å²) in [5.41, 5.74) is 0.896. The maximum Gasteiger partial charge on any atom is 0.328 e. The molecule has 3 saturated carbocycles. The summed E-state index contributed by atoms with van der Waals surface area (Å²) < 4.78 is 4.82. The van der Waals surface area contributed by atoms with E-state index >= 15 is 0 Å². The molecule has 4 aliphatic carbocycles. The minimum atomic E-state index is -1.17. The zero-order chi connectivity index (χ0) is 26.6. The van der Waals surface area contributed by atoms with Gasteiger partial charge in [-0.2, -0.15) is 0 Å². The van der Waals surface area contributed by atoms with Crippen molar-refractivity contribution in [3.8, 4) is 0 Å². The molecule has 8 heteroatoms. The van der Waals surface area contributed by atoms with Crippen molar-refractivity contribution in [2.75, 3.05) is 20.3 Å². The second kappa shape index (κ2) is 9.51. The molecule has 5 aliphatic rings. The Balaban J connectivity index is 1.25. The second-order valence-electron chi connectivity index (χ2n) is 12.5. The Labute approximate surface area is 219 Å². The van der Waals surface area contributed by atoms with Crippen molar-refractivity contribution < 1.29 is 29.1 Å². The van der Waals surface area contributed by atoms with Crippen molar-refractivity contribution in [2.24, 2.45) is 33.7 Å². The number of ketones is 1. The normalized spacial score (nSPS) is 41.9. The van der Waals surface area contributed by atoms with Crippen LogP contribution in [0, 0.1) is 28.6 Å². The Morgan fingerprint density at radius 2 is 1.84 bits per heavy atom. The Morgan fingerprint density at radius 1 is 1.08 bits per heavy atom. The number of fused-ring (bicyclic) bond motifs is 5. The van der Waals surface area contributed by atoms with E-state index in [4.69, 9.17) is 9.57 Å². The van der Waals surface area contributed by atoms with E-state index in [9.17, 15) is 19.5 Å². The molecular weight excluding hydrogens is 472 g/mol. The van der Waals surface area contributed by atoms with Crippen molar-refractivity contribution in [3.05, 3.63) is 11.6 Å². The summed E-state index contributed by atoms with van der Waals surface area (Å²) in [4.78, 5) is 44.0. The van der Waals surface area contributed by atoms with Gasteiger partial charge in [0.05, 0.1) is 12.8 Å². The number of amides is 1. The molecular formula is C29H42N2O6. The minimum Gasteiger partial charge on any atom is -0.467 e. The number of esters is 1. The number of rotatable bonds is 5. The van der Waals surface area contributed by atoms with E-state index in [1.807, 2.05) is 0 Å². The van der Waals surface area contributed by atoms with Crippen molar-refractivity contribution in [1.29, 1.82) is 0 Å². The number of hydrogen-bond acceptors (Lipinski definition) is 7. The first-order valence-electron chi connectivity index (χ1n) is 14.1. The van der Waals surface area contributed by atoms with E-state index < -0.39 is 11.6 Å². The number of carbonyl (C=O) groups is 3. The van der Waals surface area contributed by atoms with E-state index in [1.165, 1.54) is 17.6 Å². The molecule has 7 unspecified atom stereocenters. The van der Waals surface area contributed by atoms with Gasteiger partial charge >= 0.3 is 5.97 Å². The fourth-order valence-electron chi connectivity index (χ4n) is 8.94. The average molecular weight is 515 g/mol. The van der Waals surface area contributed by atoms with Crippen LogP contribution in [0.5, 0.6) is 0 Å². The average Bonchev–Trinajstić information content (AvgIpc) is 3.47. The van der Waals surface area contributed by atoms with Gasteiger partial charge in [-0.05, 0) is 100 Å². The molecule has 0 aromatic heterocycles. The lowest BCUT2D eigenvalue weighted by atomic mass is 9.46. The molecule has 8 nitrogen and oxygen atoms in total. The predicted molar refractivity (Wildman–Crippen MR) is 137 cm³/mol. The van der Waals surface area contributed by atoms with E-state index in [1.54, 1.807) is 6.92 Å². The number of ether oxygens (including phenoxy) is 1. The number of Topliss-reactive ketones (excluding diaryl/α,β-unsaturated/α-hetero) is 1. The molecule has 0 aromatic rings. The smallest absolute Gasteiger partial charge is 0.328 e. The monoisotopic (exact) mass is 514 g/mol. The Hall–Kier alpha value is -2.22. The van der Waals surface area contributed by atoms with E-state index in [0.717, 1.165) is 57.1 Å². The van der Waals surface area contributed by atoms with Gasteiger partial charge in [0, 0.05) is 12.0 Å². The molecule has 0 bridgehead atoms. The van der Waals surface area contributed by atoms with Gasteiger partial charge in [-0.3, -0.25) is 9.59 Å². The molecule has 1 heterocycles. The summed E-state index contributed by atoms with van der Waals surface area (Å²) in [6, 6.07) is -0.523. The van der Waals surface area contributed by atoms with E-state index in [0.29, 0.717) is 37.1 Å². The summed E-state index contributed by atoms with van der Waals surface area (Å²) in [6.07, 6.45) is 10.9. The lowest BCUT2D eigenvalue weighted by Gasteiger charge is -2.59. The third kappa shape index (κ3) is 4.05. The van der Waals surface area contributed by atoms with Crippen LogP contribution < -0.4 is 0 Å². The SMILES string of the molecule is COC(=O)C1CCCN1C(=O)CON=C1C=C2CCC3C(CCC4(C)C3CCC4(O)C(C)=O)C2(C)CC1. The second-order valence-corrected chi connectivity index (χ2v) is 12.5. The van der Waals surface area contributed by atoms with Gasteiger partial charge in [-0.1, -0.05) is 24.6 Å². The molecule has 7 atom stereocenters. The number of likely N-dealkylation sites (tertiary alicyclic amines) is 1. The molecule has 4 fully saturated rings. The van der Waals surface area contributed by atoms with E-state index in [-0.39, 0.29) is 35.1 Å². The number of methoxy groups -OCH3 is 1. The van der Waals surface area contributed by atoms with Crippen LogP contribution in [0.4, 0.5) is 0 Å². The van der Waals surface area contributed by atoms with Crippen molar-refractivity contribution >= 4 is 23.4 Å². The zero-order valence-electron chi connectivity index (χ0n) is 22.8. The lowest BCUT2D eigenvalue weighted by molar-refractivity contribution is -0.159. The fourth-order valence-corrected chi connectivity index (χ4v) is 8.94. The molecule has 0 radical (unpaired) electrons. The topological polar surface area (TPSA) is 106 Å². The van der Waals surface area contributed by atoms with Crippen molar-refractivity contribution in [2.45, 2.75) is 96.6 Å². The van der Waals surface area contributed by atoms with Crippen LogP contribution in [0.3, 0.4) is 0 Å². The quantitative estimate of drug-likeness (QED) is 0.442. The number of carbonyl (C=O) groups excluding carboxylic acids is 3.